The molecule has 1 N–H and O–H groups in total. The van der Waals surface area contributed by atoms with Crippen LogP contribution in [-0.4, -0.2) is 30.0 Å². The van der Waals surface area contributed by atoms with Gasteiger partial charge in [-0.2, -0.15) is 0 Å². The third-order valence-electron chi connectivity index (χ3n) is 5.09. The number of hydrogen-bond donors (Lipinski definition) is 1. The Bertz CT molecular complexity index is 845. The lowest BCUT2D eigenvalue weighted by molar-refractivity contribution is -0.124. The number of fused-ring (bicyclic) bond motifs is 2. The Morgan fingerprint density at radius 2 is 2.07 bits per heavy atom. The molecule has 1 atom stereocenters. The quantitative estimate of drug-likeness (QED) is 0.790. The molecule has 5 nitrogen and oxygen atoms in total. The molecule has 0 fully saturated rings. The van der Waals surface area contributed by atoms with Crippen LogP contribution >= 0.6 is 0 Å². The van der Waals surface area contributed by atoms with Gasteiger partial charge in [-0.25, -0.2) is 4.79 Å². The van der Waals surface area contributed by atoms with Crippen molar-refractivity contribution in [2.45, 2.75) is 46.5 Å². The van der Waals surface area contributed by atoms with Crippen molar-refractivity contribution in [1.29, 1.82) is 0 Å². The van der Waals surface area contributed by atoms with Crippen LogP contribution < -0.4 is 5.32 Å². The van der Waals surface area contributed by atoms with Crippen molar-refractivity contribution < 1.29 is 14.3 Å². The fraction of sp³-hybridized carbons (Fsp3) is 0.500. The number of para-hydroxylation sites is 1. The van der Waals surface area contributed by atoms with Crippen LogP contribution in [0.15, 0.2) is 24.3 Å². The lowest BCUT2D eigenvalue weighted by Gasteiger charge is -2.24. The molecule has 0 unspecified atom stereocenters. The molecular weight excluding hydrogens is 340 g/mol. The van der Waals surface area contributed by atoms with Crippen LogP contribution in [0.2, 0.25) is 0 Å². The molecule has 0 saturated heterocycles. The van der Waals surface area contributed by atoms with E-state index in [1.807, 2.05) is 24.3 Å². The summed E-state index contributed by atoms with van der Waals surface area (Å²) in [5, 5.41) is 3.60. The van der Waals surface area contributed by atoms with E-state index in [0.717, 1.165) is 47.8 Å². The van der Waals surface area contributed by atoms with Crippen LogP contribution in [0.5, 0.6) is 0 Å². The van der Waals surface area contributed by atoms with Crippen LogP contribution in [-0.2, 0) is 22.4 Å². The number of pyridine rings is 1. The maximum atomic E-state index is 12.9. The van der Waals surface area contributed by atoms with Crippen molar-refractivity contribution in [3.63, 3.8) is 0 Å². The summed E-state index contributed by atoms with van der Waals surface area (Å²) in [6.07, 6.45) is 3.67. The number of rotatable bonds is 6. The van der Waals surface area contributed by atoms with E-state index in [1.165, 1.54) is 0 Å². The number of carbonyl (C=O) groups is 2. The average molecular weight is 368 g/mol. The number of nitrogens with one attached hydrogen (secondary N) is 1. The molecule has 1 aromatic heterocycles. The molecular formula is C22H28N2O3. The largest absolute Gasteiger partial charge is 0.452 e. The number of ether oxygens (including phenoxy) is 1. The van der Waals surface area contributed by atoms with Gasteiger partial charge in [0, 0.05) is 17.6 Å². The van der Waals surface area contributed by atoms with Gasteiger partial charge in [0.15, 0.2) is 6.61 Å². The zero-order valence-electron chi connectivity index (χ0n) is 16.4. The Morgan fingerprint density at radius 1 is 1.30 bits per heavy atom. The molecule has 1 aliphatic carbocycles. The molecule has 5 heteroatoms. The molecule has 2 aromatic rings. The van der Waals surface area contributed by atoms with Crippen molar-refractivity contribution >= 4 is 22.8 Å². The topological polar surface area (TPSA) is 68.3 Å². The fourth-order valence-electron chi connectivity index (χ4n) is 3.55. The van der Waals surface area contributed by atoms with Crippen molar-refractivity contribution in [2.24, 2.45) is 11.8 Å². The van der Waals surface area contributed by atoms with Gasteiger partial charge in [-0.1, -0.05) is 39.0 Å². The minimum Gasteiger partial charge on any atom is -0.452 e. The molecule has 1 aromatic carbocycles. The third-order valence-corrected chi connectivity index (χ3v) is 5.09. The number of aryl methyl sites for hydroxylation is 1. The first-order chi connectivity index (χ1) is 13.0. The van der Waals surface area contributed by atoms with E-state index >= 15 is 0 Å². The molecule has 3 rings (SSSR count). The summed E-state index contributed by atoms with van der Waals surface area (Å²) in [4.78, 5) is 29.6. The Morgan fingerprint density at radius 3 is 2.85 bits per heavy atom. The van der Waals surface area contributed by atoms with Gasteiger partial charge >= 0.3 is 5.97 Å². The van der Waals surface area contributed by atoms with Gasteiger partial charge < -0.3 is 10.1 Å². The first kappa shape index (κ1) is 19.3. The number of aromatic nitrogens is 1. The smallest absolute Gasteiger partial charge is 0.339 e. The monoisotopic (exact) mass is 368 g/mol. The van der Waals surface area contributed by atoms with Gasteiger partial charge in [-0.15, -0.1) is 0 Å². The number of nitrogens with zero attached hydrogens (tertiary/aromatic N) is 1. The van der Waals surface area contributed by atoms with E-state index in [-0.39, 0.29) is 12.5 Å². The Hall–Kier alpha value is -2.43. The Balaban J connectivity index is 1.79. The third kappa shape index (κ3) is 4.65. The molecule has 0 radical (unpaired) electrons. The predicted molar refractivity (Wildman–Crippen MR) is 106 cm³/mol. The number of hydrogen-bond acceptors (Lipinski definition) is 4. The number of benzene rings is 1. The minimum absolute atomic E-state index is 0.252. The zero-order chi connectivity index (χ0) is 19.4. The van der Waals surface area contributed by atoms with E-state index in [9.17, 15) is 9.59 Å². The van der Waals surface area contributed by atoms with E-state index in [1.54, 1.807) is 0 Å². The van der Waals surface area contributed by atoms with Gasteiger partial charge in [0.05, 0.1) is 11.1 Å². The van der Waals surface area contributed by atoms with Crippen LogP contribution in [0.1, 0.15) is 55.2 Å². The predicted octanol–water partition coefficient (Wildman–Crippen LogP) is 3.68. The van der Waals surface area contributed by atoms with Gasteiger partial charge in [-0.3, -0.25) is 9.78 Å². The summed E-state index contributed by atoms with van der Waals surface area (Å²) < 4.78 is 5.38. The SMILES string of the molecule is CC(C)CCNC(=O)COC(=O)c1c2c(nc3ccccc13)CC[C@@H](C)C2. The van der Waals surface area contributed by atoms with Gasteiger partial charge in [0.25, 0.3) is 5.91 Å². The molecule has 27 heavy (non-hydrogen) atoms. The first-order valence-electron chi connectivity index (χ1n) is 9.80. The second-order valence-corrected chi connectivity index (χ2v) is 7.89. The van der Waals surface area contributed by atoms with Crippen LogP contribution in [0, 0.1) is 11.8 Å². The van der Waals surface area contributed by atoms with Crippen molar-refractivity contribution in [1.82, 2.24) is 10.3 Å². The molecule has 144 valence electrons. The molecule has 0 bridgehead atoms. The first-order valence-corrected chi connectivity index (χ1v) is 9.80. The number of amides is 1. The lowest BCUT2D eigenvalue weighted by Crippen LogP contribution is -2.30. The van der Waals surface area contributed by atoms with Crippen LogP contribution in [0.4, 0.5) is 0 Å². The molecule has 0 saturated carbocycles. The van der Waals surface area contributed by atoms with Crippen molar-refractivity contribution in [3.8, 4) is 0 Å². The number of carbonyl (C=O) groups excluding carboxylic acids is 2. The van der Waals surface area contributed by atoms with E-state index < -0.39 is 5.97 Å². The summed E-state index contributed by atoms with van der Waals surface area (Å²) in [6.45, 7) is 6.74. The zero-order valence-corrected chi connectivity index (χ0v) is 16.4. The second-order valence-electron chi connectivity index (χ2n) is 7.89. The molecule has 0 aliphatic heterocycles. The summed E-state index contributed by atoms with van der Waals surface area (Å²) >= 11 is 0. The van der Waals surface area contributed by atoms with Gasteiger partial charge in [0.2, 0.25) is 0 Å². The van der Waals surface area contributed by atoms with Gasteiger partial charge in [0.1, 0.15) is 0 Å². The van der Waals surface area contributed by atoms with Crippen molar-refractivity contribution in [3.05, 3.63) is 41.1 Å². The van der Waals surface area contributed by atoms with E-state index in [2.05, 4.69) is 26.1 Å². The van der Waals surface area contributed by atoms with Crippen LogP contribution in [0.3, 0.4) is 0 Å². The number of esters is 1. The van der Waals surface area contributed by atoms with Crippen LogP contribution in [0.25, 0.3) is 10.9 Å². The summed E-state index contributed by atoms with van der Waals surface area (Å²) in [7, 11) is 0. The molecule has 1 heterocycles. The molecule has 0 spiro atoms. The Labute approximate surface area is 160 Å². The maximum Gasteiger partial charge on any atom is 0.339 e. The Kier molecular flexibility index (Phi) is 6.09. The van der Waals surface area contributed by atoms with Crippen molar-refractivity contribution in [2.75, 3.05) is 13.2 Å². The van der Waals surface area contributed by atoms with Gasteiger partial charge in [-0.05, 0) is 49.1 Å². The standard InChI is InChI=1S/C22H28N2O3/c1-14(2)10-11-23-20(25)13-27-22(26)21-16-6-4-5-7-18(16)24-19-9-8-15(3)12-17(19)21/h4-7,14-15H,8-13H2,1-3H3,(H,23,25)/t15-/m1/s1. The highest BCUT2D eigenvalue weighted by atomic mass is 16.5. The highest BCUT2D eigenvalue weighted by Gasteiger charge is 2.26. The second kappa shape index (κ2) is 8.51. The average Bonchev–Trinajstić information content (AvgIpc) is 2.64. The minimum atomic E-state index is -0.432. The normalized spacial score (nSPS) is 16.2. The molecule has 1 aliphatic rings. The fourth-order valence-corrected chi connectivity index (χ4v) is 3.55. The summed E-state index contributed by atoms with van der Waals surface area (Å²) in [5.41, 5.74) is 3.36. The summed E-state index contributed by atoms with van der Waals surface area (Å²) in [6, 6.07) is 7.65. The lowest BCUT2D eigenvalue weighted by atomic mass is 9.84. The summed E-state index contributed by atoms with van der Waals surface area (Å²) in [5.74, 6) is 0.332. The van der Waals surface area contributed by atoms with E-state index in [0.29, 0.717) is 23.9 Å². The highest BCUT2D eigenvalue weighted by Crippen LogP contribution is 2.31. The van der Waals surface area contributed by atoms with E-state index in [4.69, 9.17) is 9.72 Å². The highest BCUT2D eigenvalue weighted by molar-refractivity contribution is 6.05. The maximum absolute atomic E-state index is 12.9. The molecule has 1 amide bonds.